The highest BCUT2D eigenvalue weighted by molar-refractivity contribution is 8.22. The third-order valence-corrected chi connectivity index (χ3v) is 12.2. The summed E-state index contributed by atoms with van der Waals surface area (Å²) in [5.41, 5.74) is 13.1. The van der Waals surface area contributed by atoms with Crippen molar-refractivity contribution in [1.82, 2.24) is 0 Å². The molecule has 0 aliphatic rings. The first-order valence-electron chi connectivity index (χ1n) is 16.7. The van der Waals surface area contributed by atoms with Crippen molar-refractivity contribution in [2.24, 2.45) is 0 Å². The van der Waals surface area contributed by atoms with Gasteiger partial charge in [-0.25, -0.2) is 0 Å². The Balaban J connectivity index is 1.78. The van der Waals surface area contributed by atoms with Crippen molar-refractivity contribution < 1.29 is 0 Å². The Morgan fingerprint density at radius 3 is 0.625 bits per heavy atom. The molecule has 0 saturated carbocycles. The fourth-order valence-corrected chi connectivity index (χ4v) is 8.61. The van der Waals surface area contributed by atoms with Crippen molar-refractivity contribution in [3.05, 3.63) is 139 Å². The van der Waals surface area contributed by atoms with Crippen LogP contribution in [0.25, 0.3) is 0 Å². The van der Waals surface area contributed by atoms with E-state index in [9.17, 15) is 0 Å². The molecule has 0 atom stereocenters. The van der Waals surface area contributed by atoms with Crippen LogP contribution in [0.2, 0.25) is 0 Å². The predicted molar refractivity (Wildman–Crippen MR) is 218 cm³/mol. The summed E-state index contributed by atoms with van der Waals surface area (Å²) in [7, 11) is 0. The van der Waals surface area contributed by atoms with Crippen LogP contribution in [0.15, 0.2) is 137 Å². The average Bonchev–Trinajstić information content (AvgIpc) is 2.99. The van der Waals surface area contributed by atoms with E-state index in [0.29, 0.717) is 0 Å². The lowest BCUT2D eigenvalue weighted by atomic mass is 9.87. The SMILES string of the molecule is CC(C)(C)c1ccc(SC(=C=C=C(Sc2ccc(C(C)(C)C)cc2)Sc2ccc(C(C)(C)C)cc2)Sc2ccc(C(C)(C)C)cc2)cc1. The van der Waals surface area contributed by atoms with Gasteiger partial charge in [-0.3, -0.25) is 0 Å². The van der Waals surface area contributed by atoms with Gasteiger partial charge >= 0.3 is 0 Å². The molecule has 4 aromatic rings. The molecule has 0 radical (unpaired) electrons. The normalized spacial score (nSPS) is 12.3. The van der Waals surface area contributed by atoms with Crippen LogP contribution in [0.5, 0.6) is 0 Å². The molecule has 252 valence electrons. The summed E-state index contributed by atoms with van der Waals surface area (Å²) in [6, 6.07) is 35.9. The summed E-state index contributed by atoms with van der Waals surface area (Å²) in [5, 5.41) is 0. The van der Waals surface area contributed by atoms with E-state index < -0.39 is 0 Å². The Morgan fingerprint density at radius 1 is 0.312 bits per heavy atom. The summed E-state index contributed by atoms with van der Waals surface area (Å²) in [6.45, 7) is 27.1. The number of hydrogen-bond acceptors (Lipinski definition) is 4. The number of benzene rings is 4. The molecular weight excluding hydrogens is 657 g/mol. The van der Waals surface area contributed by atoms with Gasteiger partial charge in [0.25, 0.3) is 0 Å². The summed E-state index contributed by atoms with van der Waals surface area (Å²) in [6.07, 6.45) is 0. The monoisotopic (exact) mass is 708 g/mol. The minimum atomic E-state index is 0.119. The predicted octanol–water partition coefficient (Wildman–Crippen LogP) is 14.8. The lowest BCUT2D eigenvalue weighted by Gasteiger charge is -2.19. The Kier molecular flexibility index (Phi) is 12.5. The molecule has 0 aliphatic carbocycles. The molecule has 0 spiro atoms. The van der Waals surface area contributed by atoms with E-state index in [1.807, 2.05) is 0 Å². The topological polar surface area (TPSA) is 0 Å². The van der Waals surface area contributed by atoms with Gasteiger partial charge in [-0.15, -0.1) is 0 Å². The Morgan fingerprint density at radius 2 is 0.479 bits per heavy atom. The lowest BCUT2D eigenvalue weighted by Crippen LogP contribution is -2.10. The third-order valence-electron chi connectivity index (χ3n) is 7.99. The maximum Gasteiger partial charge on any atom is 0.100 e. The second-order valence-electron chi connectivity index (χ2n) is 16.3. The van der Waals surface area contributed by atoms with Crippen molar-refractivity contribution >= 4 is 47.0 Å². The van der Waals surface area contributed by atoms with Gasteiger partial charge in [0.15, 0.2) is 0 Å². The molecule has 48 heavy (non-hydrogen) atoms. The van der Waals surface area contributed by atoms with Crippen LogP contribution in [-0.2, 0) is 21.7 Å². The number of hydrogen-bond donors (Lipinski definition) is 0. The van der Waals surface area contributed by atoms with Gasteiger partial charge in [0, 0.05) is 19.6 Å². The fraction of sp³-hybridized carbons (Fsp3) is 0.364. The minimum Gasteiger partial charge on any atom is -0.0737 e. The molecule has 0 bridgehead atoms. The molecule has 0 nitrogen and oxygen atoms in total. The Hall–Kier alpha value is -2.42. The fourth-order valence-electron chi connectivity index (χ4n) is 4.77. The highest BCUT2D eigenvalue weighted by Gasteiger charge is 2.17. The molecule has 0 unspecified atom stereocenters. The highest BCUT2D eigenvalue weighted by Crippen LogP contribution is 2.42. The van der Waals surface area contributed by atoms with Crippen LogP contribution >= 0.6 is 47.0 Å². The number of thioether (sulfide) groups is 4. The van der Waals surface area contributed by atoms with Gasteiger partial charge in [-0.05, 0) is 104 Å². The van der Waals surface area contributed by atoms with Crippen LogP contribution in [0.1, 0.15) is 105 Å². The molecule has 0 fully saturated rings. The second kappa shape index (κ2) is 15.6. The zero-order valence-electron chi connectivity index (χ0n) is 30.9. The van der Waals surface area contributed by atoms with Crippen LogP contribution in [-0.4, -0.2) is 0 Å². The molecule has 0 heterocycles. The van der Waals surface area contributed by atoms with Crippen molar-refractivity contribution in [2.45, 2.75) is 124 Å². The molecule has 0 aliphatic heterocycles. The van der Waals surface area contributed by atoms with Gasteiger partial charge in [0.05, 0.1) is 0 Å². The molecule has 0 saturated heterocycles. The van der Waals surface area contributed by atoms with Crippen molar-refractivity contribution in [3.8, 4) is 0 Å². The van der Waals surface area contributed by atoms with E-state index in [0.717, 1.165) is 8.47 Å². The smallest absolute Gasteiger partial charge is 0.0737 e. The van der Waals surface area contributed by atoms with Crippen LogP contribution in [0, 0.1) is 0 Å². The summed E-state index contributed by atoms with van der Waals surface area (Å²) >= 11 is 7.00. The van der Waals surface area contributed by atoms with Gasteiger partial charge in [-0.2, -0.15) is 0 Å². The summed E-state index contributed by atoms with van der Waals surface area (Å²) in [4.78, 5) is 4.79. The molecule has 0 aromatic heterocycles. The molecule has 4 rings (SSSR count). The summed E-state index contributed by atoms with van der Waals surface area (Å²) < 4.78 is 2.12. The van der Waals surface area contributed by atoms with E-state index in [-0.39, 0.29) is 21.7 Å². The van der Waals surface area contributed by atoms with Crippen molar-refractivity contribution in [3.63, 3.8) is 0 Å². The van der Waals surface area contributed by atoms with E-state index in [2.05, 4.69) is 192 Å². The maximum atomic E-state index is 3.63. The van der Waals surface area contributed by atoms with Gasteiger partial charge in [0.2, 0.25) is 0 Å². The molecule has 0 amide bonds. The molecule has 4 heteroatoms. The lowest BCUT2D eigenvalue weighted by molar-refractivity contribution is 0.589. The minimum absolute atomic E-state index is 0.119. The second-order valence-corrected chi connectivity index (χ2v) is 21.2. The van der Waals surface area contributed by atoms with Crippen LogP contribution < -0.4 is 0 Å². The first-order valence-corrected chi connectivity index (χ1v) is 19.9. The van der Waals surface area contributed by atoms with Crippen molar-refractivity contribution in [1.29, 1.82) is 0 Å². The Bertz CT molecular complexity index is 1490. The Labute approximate surface area is 308 Å². The van der Waals surface area contributed by atoms with Crippen LogP contribution in [0.3, 0.4) is 0 Å². The zero-order valence-corrected chi connectivity index (χ0v) is 34.1. The van der Waals surface area contributed by atoms with Crippen LogP contribution in [0.4, 0.5) is 0 Å². The maximum absolute atomic E-state index is 3.63. The van der Waals surface area contributed by atoms with E-state index in [1.54, 1.807) is 47.0 Å². The van der Waals surface area contributed by atoms with Gasteiger partial charge < -0.3 is 0 Å². The van der Waals surface area contributed by atoms with E-state index in [1.165, 1.54) is 41.8 Å². The number of rotatable bonds is 8. The zero-order chi connectivity index (χ0) is 35.3. The van der Waals surface area contributed by atoms with E-state index in [4.69, 9.17) is 0 Å². The average molecular weight is 709 g/mol. The standard InChI is InChI=1S/C44H52S4/c1-41(2,3)31-13-21-35(22-14-31)45-39(46-36-23-15-32(16-24-36)42(4,5)6)29-30-40(47-37-25-17-33(18-26-37)43(7,8)9)48-38-27-19-34(20-28-38)44(10,11)12/h13-28H,1-12H3. The van der Waals surface area contributed by atoms with Gasteiger partial charge in [0.1, 0.15) is 8.47 Å². The quantitative estimate of drug-likeness (QED) is 0.132. The van der Waals surface area contributed by atoms with E-state index >= 15 is 0 Å². The largest absolute Gasteiger partial charge is 0.100 e. The summed E-state index contributed by atoms with van der Waals surface area (Å²) in [5.74, 6) is 0. The molecule has 4 aromatic carbocycles. The highest BCUT2D eigenvalue weighted by atomic mass is 32.2. The molecule has 0 N–H and O–H groups in total. The molecular formula is C44H52S4. The first-order chi connectivity index (χ1) is 22.3. The first kappa shape index (κ1) is 38.4. The van der Waals surface area contributed by atoms with Crippen molar-refractivity contribution in [2.75, 3.05) is 0 Å². The van der Waals surface area contributed by atoms with Gasteiger partial charge in [-0.1, -0.05) is 179 Å². The third kappa shape index (κ3) is 11.6.